The number of aliphatic hydroxyl groups is 1. The number of alkyl halides is 1. The van der Waals surface area contributed by atoms with Crippen LogP contribution in [0, 0.1) is 0 Å². The van der Waals surface area contributed by atoms with Gasteiger partial charge in [0.15, 0.2) is 9.84 Å². The highest BCUT2D eigenvalue weighted by molar-refractivity contribution is 9.09. The summed E-state index contributed by atoms with van der Waals surface area (Å²) in [6.07, 6.45) is 3.05. The Morgan fingerprint density at radius 2 is 1.89 bits per heavy atom. The Bertz CT molecular complexity index is 468. The Morgan fingerprint density at radius 3 is 2.50 bits per heavy atom. The zero-order valence-corrected chi connectivity index (χ0v) is 12.4. The molecule has 1 N–H and O–H groups in total. The molecule has 1 aromatic carbocycles. The first kappa shape index (κ1) is 15.4. The first-order valence-corrected chi connectivity index (χ1v) is 8.45. The van der Waals surface area contributed by atoms with Gasteiger partial charge in [-0.1, -0.05) is 34.1 Å². The zero-order chi connectivity index (χ0) is 13.4. The monoisotopic (exact) mass is 332 g/mol. The fraction of sp³-hybridized carbons (Fsp3) is 0.385. The van der Waals surface area contributed by atoms with Gasteiger partial charge in [-0.2, -0.15) is 0 Å². The highest BCUT2D eigenvalue weighted by Crippen LogP contribution is 2.12. The number of aliphatic hydroxyl groups excluding tert-OH is 1. The maximum absolute atomic E-state index is 11.9. The van der Waals surface area contributed by atoms with E-state index in [9.17, 15) is 13.5 Å². The minimum absolute atomic E-state index is 0.244. The van der Waals surface area contributed by atoms with Gasteiger partial charge in [-0.15, -0.1) is 0 Å². The average molecular weight is 333 g/mol. The van der Waals surface area contributed by atoms with Crippen molar-refractivity contribution >= 4 is 25.8 Å². The first-order chi connectivity index (χ1) is 8.56. The lowest BCUT2D eigenvalue weighted by Crippen LogP contribution is -2.04. The molecule has 0 aliphatic rings. The van der Waals surface area contributed by atoms with E-state index in [0.717, 1.165) is 23.6 Å². The first-order valence-electron chi connectivity index (χ1n) is 5.78. The summed E-state index contributed by atoms with van der Waals surface area (Å²) in [5, 5.41) is 11.6. The van der Waals surface area contributed by atoms with Gasteiger partial charge in [-0.25, -0.2) is 8.42 Å². The molecule has 0 fully saturated rings. The van der Waals surface area contributed by atoms with Crippen LogP contribution in [0.5, 0.6) is 0 Å². The van der Waals surface area contributed by atoms with Crippen molar-refractivity contribution in [3.63, 3.8) is 0 Å². The minimum Gasteiger partial charge on any atom is -0.389 e. The molecule has 1 aromatic rings. The maximum Gasteiger partial charge on any atom is 0.199 e. The maximum atomic E-state index is 11.9. The molecule has 0 amide bonds. The lowest BCUT2D eigenvalue weighted by molar-refractivity contribution is 0.209. The second-order valence-corrected chi connectivity index (χ2v) is 6.57. The Labute approximate surface area is 117 Å². The molecule has 3 nitrogen and oxygen atoms in total. The predicted molar refractivity (Wildman–Crippen MR) is 76.4 cm³/mol. The third-order valence-corrected chi connectivity index (χ3v) is 4.44. The van der Waals surface area contributed by atoms with E-state index in [1.807, 2.05) is 0 Å². The number of halogens is 1. The van der Waals surface area contributed by atoms with Crippen molar-refractivity contribution in [3.05, 3.63) is 41.8 Å². The highest BCUT2D eigenvalue weighted by atomic mass is 79.9. The summed E-state index contributed by atoms with van der Waals surface area (Å²) < 4.78 is 23.7. The van der Waals surface area contributed by atoms with E-state index in [2.05, 4.69) is 15.9 Å². The summed E-state index contributed by atoms with van der Waals surface area (Å²) in [6, 6.07) is 8.19. The van der Waals surface area contributed by atoms with Crippen LogP contribution in [-0.4, -0.2) is 25.0 Å². The molecule has 0 aromatic heterocycles. The Hall–Kier alpha value is -0.650. The lowest BCUT2D eigenvalue weighted by atomic mass is 10.2. The van der Waals surface area contributed by atoms with Crippen LogP contribution in [0.25, 0.3) is 0 Å². The molecule has 100 valence electrons. The van der Waals surface area contributed by atoms with Crippen molar-refractivity contribution < 1.29 is 13.5 Å². The molecule has 1 atom stereocenters. The number of rotatable bonds is 7. The molecule has 0 saturated heterocycles. The zero-order valence-electron chi connectivity index (χ0n) is 10.00. The van der Waals surface area contributed by atoms with Crippen molar-refractivity contribution in [3.8, 4) is 0 Å². The molecule has 0 aliphatic carbocycles. The van der Waals surface area contributed by atoms with Crippen LogP contribution in [0.1, 0.15) is 19.3 Å². The Morgan fingerprint density at radius 1 is 1.22 bits per heavy atom. The van der Waals surface area contributed by atoms with Crippen LogP contribution in [0.3, 0.4) is 0 Å². The normalized spacial score (nSPS) is 13.9. The van der Waals surface area contributed by atoms with Gasteiger partial charge in [0.05, 0.1) is 11.0 Å². The van der Waals surface area contributed by atoms with Crippen molar-refractivity contribution in [2.45, 2.75) is 30.3 Å². The van der Waals surface area contributed by atoms with Crippen LogP contribution in [0.15, 0.2) is 46.7 Å². The largest absolute Gasteiger partial charge is 0.389 e. The summed E-state index contributed by atoms with van der Waals surface area (Å²) in [5.74, 6) is 0. The second kappa shape index (κ2) is 7.71. The molecule has 0 saturated carbocycles. The van der Waals surface area contributed by atoms with Crippen LogP contribution in [0.4, 0.5) is 0 Å². The number of sulfone groups is 1. The molecule has 5 heteroatoms. The quantitative estimate of drug-likeness (QED) is 0.617. The predicted octanol–water partition coefficient (Wildman–Crippen LogP) is 2.90. The summed E-state index contributed by atoms with van der Waals surface area (Å²) in [6.45, 7) is 0. The molecular weight excluding hydrogens is 316 g/mol. The molecule has 0 radical (unpaired) electrons. The van der Waals surface area contributed by atoms with Crippen molar-refractivity contribution in [2.75, 3.05) is 5.33 Å². The third kappa shape index (κ3) is 5.33. The molecule has 0 aliphatic heterocycles. The van der Waals surface area contributed by atoms with Gasteiger partial charge in [-0.3, -0.25) is 0 Å². The molecule has 18 heavy (non-hydrogen) atoms. The number of hydrogen-bond donors (Lipinski definition) is 1. The average Bonchev–Trinajstić information content (AvgIpc) is 2.38. The van der Waals surface area contributed by atoms with Crippen LogP contribution in [-0.2, 0) is 9.84 Å². The summed E-state index contributed by atoms with van der Waals surface area (Å²) in [5.41, 5.74) is 0. The number of unbranched alkanes of at least 4 members (excludes halogenated alkanes) is 1. The van der Waals surface area contributed by atoms with Crippen LogP contribution in [0.2, 0.25) is 0 Å². The summed E-state index contributed by atoms with van der Waals surface area (Å²) in [7, 11) is -3.44. The van der Waals surface area contributed by atoms with E-state index >= 15 is 0 Å². The van der Waals surface area contributed by atoms with Crippen molar-refractivity contribution in [2.24, 2.45) is 0 Å². The fourth-order valence-electron chi connectivity index (χ4n) is 1.43. The standard InChI is InChI=1S/C13H17BrO3S/c14-10-5-4-6-12(15)9-11-18(16,17)13-7-2-1-3-8-13/h1-3,7-9,11-12,15H,4-6,10H2/b11-9+. The van der Waals surface area contributed by atoms with Gasteiger partial charge in [0.1, 0.15) is 0 Å². The molecule has 0 bridgehead atoms. The SMILES string of the molecule is O=S(=O)(/C=C/C(O)CCCCBr)c1ccccc1. The van der Waals surface area contributed by atoms with E-state index in [1.54, 1.807) is 18.2 Å². The Balaban J connectivity index is 2.60. The van der Waals surface area contributed by atoms with Gasteiger partial charge in [0.25, 0.3) is 0 Å². The summed E-state index contributed by atoms with van der Waals surface area (Å²) in [4.78, 5) is 0.244. The second-order valence-electron chi connectivity index (χ2n) is 3.94. The third-order valence-electron chi connectivity index (χ3n) is 2.44. The number of hydrogen-bond acceptors (Lipinski definition) is 3. The topological polar surface area (TPSA) is 54.4 Å². The van der Waals surface area contributed by atoms with E-state index < -0.39 is 15.9 Å². The van der Waals surface area contributed by atoms with Crippen molar-refractivity contribution in [1.29, 1.82) is 0 Å². The highest BCUT2D eigenvalue weighted by Gasteiger charge is 2.10. The van der Waals surface area contributed by atoms with E-state index in [1.165, 1.54) is 18.2 Å². The van der Waals surface area contributed by atoms with E-state index in [-0.39, 0.29) is 4.90 Å². The molecule has 0 heterocycles. The lowest BCUT2D eigenvalue weighted by Gasteiger charge is -2.04. The van der Waals surface area contributed by atoms with Gasteiger partial charge < -0.3 is 5.11 Å². The summed E-state index contributed by atoms with van der Waals surface area (Å²) >= 11 is 3.31. The number of benzene rings is 1. The van der Waals surface area contributed by atoms with Crippen LogP contribution < -0.4 is 0 Å². The molecule has 1 rings (SSSR count). The van der Waals surface area contributed by atoms with Gasteiger partial charge in [-0.05, 0) is 37.5 Å². The molecule has 1 unspecified atom stereocenters. The minimum atomic E-state index is -3.44. The van der Waals surface area contributed by atoms with Crippen molar-refractivity contribution in [1.82, 2.24) is 0 Å². The fourth-order valence-corrected chi connectivity index (χ4v) is 2.91. The van der Waals surface area contributed by atoms with Gasteiger partial charge in [0.2, 0.25) is 0 Å². The van der Waals surface area contributed by atoms with Crippen LogP contribution >= 0.6 is 15.9 Å². The van der Waals surface area contributed by atoms with E-state index in [4.69, 9.17) is 0 Å². The molecular formula is C13H17BrO3S. The van der Waals surface area contributed by atoms with Gasteiger partial charge in [0, 0.05) is 10.7 Å². The smallest absolute Gasteiger partial charge is 0.199 e. The van der Waals surface area contributed by atoms with Gasteiger partial charge >= 0.3 is 0 Å². The molecule has 0 spiro atoms. The van der Waals surface area contributed by atoms with E-state index in [0.29, 0.717) is 6.42 Å². The Kier molecular flexibility index (Phi) is 6.60.